The van der Waals surface area contributed by atoms with Crippen LogP contribution in [0.1, 0.15) is 22.9 Å². The Morgan fingerprint density at radius 2 is 1.84 bits per heavy atom. The Morgan fingerprint density at radius 3 is 2.53 bits per heavy atom. The molecule has 0 aliphatic carbocycles. The molecule has 10 heteroatoms. The van der Waals surface area contributed by atoms with Crippen LogP contribution < -0.4 is 10.1 Å². The summed E-state index contributed by atoms with van der Waals surface area (Å²) in [6.07, 6.45) is 0.200. The molecule has 7 nitrogen and oxygen atoms in total. The van der Waals surface area contributed by atoms with Crippen molar-refractivity contribution in [1.29, 1.82) is 0 Å². The predicted octanol–water partition coefficient (Wildman–Crippen LogP) is 4.90. The number of benzene rings is 2. The molecule has 0 fully saturated rings. The van der Waals surface area contributed by atoms with Gasteiger partial charge in [-0.25, -0.2) is 18.6 Å². The normalized spacial score (nSPS) is 12.0. The quantitative estimate of drug-likeness (QED) is 0.375. The molecule has 0 aliphatic heterocycles. The molecule has 32 heavy (non-hydrogen) atoms. The maximum absolute atomic E-state index is 13.7. The second-order valence-electron chi connectivity index (χ2n) is 6.98. The average molecular weight is 503 g/mol. The minimum Gasteiger partial charge on any atom is -0.472 e. The number of ether oxygens (including phenoxy) is 1. The van der Waals surface area contributed by atoms with Gasteiger partial charge in [0.05, 0.1) is 17.9 Å². The molecule has 1 amide bonds. The number of hydrogen-bond donors (Lipinski definition) is 2. The molecule has 0 aliphatic rings. The van der Waals surface area contributed by atoms with E-state index in [1.54, 1.807) is 6.07 Å². The first kappa shape index (κ1) is 21.7. The van der Waals surface area contributed by atoms with Crippen molar-refractivity contribution >= 4 is 27.7 Å². The summed E-state index contributed by atoms with van der Waals surface area (Å²) in [6, 6.07) is 13.3. The van der Waals surface area contributed by atoms with Crippen molar-refractivity contribution in [3.8, 4) is 5.88 Å². The molecule has 0 unspecified atom stereocenters. The van der Waals surface area contributed by atoms with E-state index in [1.165, 1.54) is 10.7 Å². The summed E-state index contributed by atoms with van der Waals surface area (Å²) in [5.74, 6) is -1.18. The molecule has 0 bridgehead atoms. The van der Waals surface area contributed by atoms with Crippen LogP contribution in [0, 0.1) is 11.6 Å². The third-order valence-electron chi connectivity index (χ3n) is 4.67. The number of aromatic nitrogens is 3. The monoisotopic (exact) mass is 502 g/mol. The van der Waals surface area contributed by atoms with Crippen LogP contribution in [0.2, 0.25) is 0 Å². The van der Waals surface area contributed by atoms with E-state index < -0.39 is 23.8 Å². The Balaban J connectivity index is 1.74. The fourth-order valence-electron chi connectivity index (χ4n) is 3.32. The van der Waals surface area contributed by atoms with Crippen molar-refractivity contribution in [2.24, 2.45) is 0 Å². The minimum absolute atomic E-state index is 0.0327. The molecule has 4 aromatic rings. The fourth-order valence-corrected chi connectivity index (χ4v) is 3.97. The van der Waals surface area contributed by atoms with Gasteiger partial charge in [-0.15, -0.1) is 0 Å². The predicted molar refractivity (Wildman–Crippen MR) is 115 cm³/mol. The van der Waals surface area contributed by atoms with Gasteiger partial charge in [-0.3, -0.25) is 0 Å². The second-order valence-corrected chi connectivity index (χ2v) is 7.77. The Bertz CT molecular complexity index is 1250. The summed E-state index contributed by atoms with van der Waals surface area (Å²) >= 11 is 3.46. The van der Waals surface area contributed by atoms with E-state index in [0.29, 0.717) is 21.7 Å². The molecule has 0 saturated heterocycles. The third kappa shape index (κ3) is 4.86. The van der Waals surface area contributed by atoms with Gasteiger partial charge in [0.25, 0.3) is 0 Å². The zero-order chi connectivity index (χ0) is 22.7. The van der Waals surface area contributed by atoms with Gasteiger partial charge >= 0.3 is 6.09 Å². The number of amides is 1. The number of fused-ring (bicyclic) bond motifs is 1. The Labute approximate surface area is 189 Å². The topological polar surface area (TPSA) is 88.8 Å². The van der Waals surface area contributed by atoms with Crippen molar-refractivity contribution < 1.29 is 23.4 Å². The third-order valence-corrected chi connectivity index (χ3v) is 5.42. The summed E-state index contributed by atoms with van der Waals surface area (Å²) < 4.78 is 35.2. The molecule has 2 aromatic heterocycles. The first-order valence-corrected chi connectivity index (χ1v) is 10.3. The maximum Gasteiger partial charge on any atom is 0.405 e. The van der Waals surface area contributed by atoms with Crippen LogP contribution in [-0.4, -0.2) is 25.8 Å². The number of rotatable bonds is 7. The highest BCUT2D eigenvalue weighted by atomic mass is 79.9. The highest BCUT2D eigenvalue weighted by Crippen LogP contribution is 2.34. The largest absolute Gasteiger partial charge is 0.472 e. The average Bonchev–Trinajstić information content (AvgIpc) is 3.20. The van der Waals surface area contributed by atoms with Crippen LogP contribution in [0.3, 0.4) is 0 Å². The van der Waals surface area contributed by atoms with Gasteiger partial charge in [0.2, 0.25) is 5.88 Å². The maximum atomic E-state index is 13.7. The van der Waals surface area contributed by atoms with Gasteiger partial charge < -0.3 is 15.2 Å². The molecule has 4 rings (SSSR count). The SMILES string of the molecule is O=C(O)N[C@@H](Cc1cc(F)cc(F)c1)c1nc2ccnn2c(OCc2ccccc2)c1Br. The van der Waals surface area contributed by atoms with E-state index in [1.807, 2.05) is 30.3 Å². The van der Waals surface area contributed by atoms with Gasteiger partial charge in [0.15, 0.2) is 5.65 Å². The molecule has 2 aromatic carbocycles. The van der Waals surface area contributed by atoms with E-state index in [0.717, 1.165) is 23.8 Å². The van der Waals surface area contributed by atoms with Gasteiger partial charge in [0, 0.05) is 12.1 Å². The van der Waals surface area contributed by atoms with Gasteiger partial charge in [-0.1, -0.05) is 30.3 Å². The number of hydrogen-bond acceptors (Lipinski definition) is 4. The highest BCUT2D eigenvalue weighted by molar-refractivity contribution is 9.10. The lowest BCUT2D eigenvalue weighted by Gasteiger charge is -2.20. The molecular formula is C22H17BrF2N4O3. The van der Waals surface area contributed by atoms with E-state index in [2.05, 4.69) is 31.3 Å². The van der Waals surface area contributed by atoms with E-state index >= 15 is 0 Å². The van der Waals surface area contributed by atoms with Gasteiger partial charge in [-0.2, -0.15) is 9.61 Å². The Morgan fingerprint density at radius 1 is 1.12 bits per heavy atom. The van der Waals surface area contributed by atoms with Crippen molar-refractivity contribution in [2.75, 3.05) is 0 Å². The second kappa shape index (κ2) is 9.31. The lowest BCUT2D eigenvalue weighted by Crippen LogP contribution is -2.30. The standard InChI is InChI=1S/C22H17BrF2N4O3/c23-19-20(17(27-22(30)31)10-14-8-15(24)11-16(25)9-14)28-18-6-7-26-29(18)21(19)32-12-13-4-2-1-3-5-13/h1-9,11,17,27H,10,12H2,(H,30,31)/t17-/m0/s1. The summed E-state index contributed by atoms with van der Waals surface area (Å²) in [5.41, 5.74) is 1.92. The van der Waals surface area contributed by atoms with Crippen LogP contribution in [0.5, 0.6) is 5.88 Å². The lowest BCUT2D eigenvalue weighted by atomic mass is 10.0. The summed E-state index contributed by atoms with van der Waals surface area (Å²) in [4.78, 5) is 16.0. The van der Waals surface area contributed by atoms with Crippen LogP contribution in [0.15, 0.2) is 65.3 Å². The molecular weight excluding hydrogens is 486 g/mol. The number of nitrogens with zero attached hydrogens (tertiary/aromatic N) is 3. The molecule has 0 saturated carbocycles. The first-order valence-electron chi connectivity index (χ1n) is 9.55. The summed E-state index contributed by atoms with van der Waals surface area (Å²) in [5, 5.41) is 16.0. The van der Waals surface area contributed by atoms with Crippen molar-refractivity contribution in [1.82, 2.24) is 19.9 Å². The van der Waals surface area contributed by atoms with Crippen LogP contribution in [0.4, 0.5) is 13.6 Å². The van der Waals surface area contributed by atoms with Crippen LogP contribution in [0.25, 0.3) is 5.65 Å². The molecule has 0 spiro atoms. The number of carboxylic acid groups (broad SMARTS) is 1. The molecule has 164 valence electrons. The van der Waals surface area contributed by atoms with E-state index in [4.69, 9.17) is 4.74 Å². The van der Waals surface area contributed by atoms with Crippen molar-refractivity contribution in [3.63, 3.8) is 0 Å². The summed E-state index contributed by atoms with van der Waals surface area (Å²) in [7, 11) is 0. The Kier molecular flexibility index (Phi) is 6.31. The van der Waals surface area contributed by atoms with Crippen molar-refractivity contribution in [2.45, 2.75) is 19.1 Å². The zero-order valence-electron chi connectivity index (χ0n) is 16.5. The minimum atomic E-state index is -1.30. The van der Waals surface area contributed by atoms with Crippen LogP contribution in [-0.2, 0) is 13.0 Å². The smallest absolute Gasteiger partial charge is 0.405 e. The molecule has 1 atom stereocenters. The van der Waals surface area contributed by atoms with Gasteiger partial charge in [0.1, 0.15) is 22.7 Å². The van der Waals surface area contributed by atoms with E-state index in [9.17, 15) is 18.7 Å². The lowest BCUT2D eigenvalue weighted by molar-refractivity contribution is 0.189. The molecule has 0 radical (unpaired) electrons. The Hall–Kier alpha value is -3.53. The van der Waals surface area contributed by atoms with Gasteiger partial charge in [-0.05, 0) is 45.6 Å². The number of halogens is 3. The zero-order valence-corrected chi connectivity index (χ0v) is 18.1. The molecule has 2 N–H and O–H groups in total. The number of nitrogens with one attached hydrogen (secondary N) is 1. The first-order chi connectivity index (χ1) is 15.4. The van der Waals surface area contributed by atoms with E-state index in [-0.39, 0.29) is 18.6 Å². The number of carbonyl (C=O) groups is 1. The molecule has 2 heterocycles. The summed E-state index contributed by atoms with van der Waals surface area (Å²) in [6.45, 7) is 0.240. The van der Waals surface area contributed by atoms with Crippen molar-refractivity contribution in [3.05, 3.63) is 93.7 Å². The fraction of sp³-hybridized carbons (Fsp3) is 0.136. The van der Waals surface area contributed by atoms with Crippen LogP contribution >= 0.6 is 15.9 Å². The highest BCUT2D eigenvalue weighted by Gasteiger charge is 2.25.